The van der Waals surface area contributed by atoms with Crippen molar-refractivity contribution in [3.05, 3.63) is 59.7 Å². The molecule has 0 amide bonds. The quantitative estimate of drug-likeness (QED) is 0.383. The largest absolute Gasteiger partial charge is 0.495 e. The monoisotopic (exact) mass is 287 g/mol. The molecule has 5 nitrogen and oxygen atoms in total. The van der Waals surface area contributed by atoms with E-state index in [1.165, 1.54) is 13.2 Å². The maximum atomic E-state index is 11.8. The van der Waals surface area contributed by atoms with Gasteiger partial charge in [0.05, 0.1) is 25.0 Å². The van der Waals surface area contributed by atoms with Crippen molar-refractivity contribution in [1.82, 2.24) is 0 Å². The van der Waals surface area contributed by atoms with Gasteiger partial charge in [0.15, 0.2) is 6.79 Å². The lowest BCUT2D eigenvalue weighted by molar-refractivity contribution is -0.0381. The van der Waals surface area contributed by atoms with Gasteiger partial charge < -0.3 is 19.9 Å². The summed E-state index contributed by atoms with van der Waals surface area (Å²) >= 11 is 0. The normalized spacial score (nSPS) is 10.1. The molecule has 0 spiro atoms. The number of carbonyl (C=O) groups is 1. The van der Waals surface area contributed by atoms with Crippen LogP contribution >= 0.6 is 0 Å². The van der Waals surface area contributed by atoms with Gasteiger partial charge in [0, 0.05) is 0 Å². The topological polar surface area (TPSA) is 70.8 Å². The van der Waals surface area contributed by atoms with E-state index in [0.29, 0.717) is 23.6 Å². The highest BCUT2D eigenvalue weighted by Crippen LogP contribution is 2.22. The molecule has 0 aromatic heterocycles. The number of ether oxygens (including phenoxy) is 3. The predicted octanol–water partition coefficient (Wildman–Crippen LogP) is 2.61. The summed E-state index contributed by atoms with van der Waals surface area (Å²) in [4.78, 5) is 11.8. The average molecular weight is 287 g/mol. The molecule has 21 heavy (non-hydrogen) atoms. The molecule has 0 radical (unpaired) electrons. The number of carbonyl (C=O) groups excluding carboxylic acids is 1. The Morgan fingerprint density at radius 2 is 1.90 bits per heavy atom. The molecular weight excluding hydrogens is 270 g/mol. The molecule has 0 bridgehead atoms. The number of hydrogen-bond acceptors (Lipinski definition) is 5. The molecule has 5 heteroatoms. The van der Waals surface area contributed by atoms with Gasteiger partial charge in [0.25, 0.3) is 0 Å². The summed E-state index contributed by atoms with van der Waals surface area (Å²) in [7, 11) is 1.49. The minimum absolute atomic E-state index is 0.111. The third kappa shape index (κ3) is 4.22. The average Bonchev–Trinajstić information content (AvgIpc) is 2.53. The molecule has 0 saturated carbocycles. The molecule has 0 heterocycles. The van der Waals surface area contributed by atoms with Crippen molar-refractivity contribution in [2.75, 3.05) is 19.6 Å². The summed E-state index contributed by atoms with van der Waals surface area (Å²) < 4.78 is 15.4. The molecule has 2 aromatic carbocycles. The van der Waals surface area contributed by atoms with Crippen molar-refractivity contribution in [2.24, 2.45) is 0 Å². The van der Waals surface area contributed by atoms with Crippen LogP contribution in [0.5, 0.6) is 5.75 Å². The molecule has 0 fully saturated rings. The van der Waals surface area contributed by atoms with Crippen LogP contribution in [-0.4, -0.2) is 19.9 Å². The van der Waals surface area contributed by atoms with Gasteiger partial charge in [-0.3, -0.25) is 0 Å². The smallest absolute Gasteiger partial charge is 0.340 e. The molecule has 0 unspecified atom stereocenters. The third-order valence-corrected chi connectivity index (χ3v) is 2.85. The van der Waals surface area contributed by atoms with Crippen molar-refractivity contribution in [2.45, 2.75) is 6.61 Å². The van der Waals surface area contributed by atoms with E-state index in [-0.39, 0.29) is 6.79 Å². The summed E-state index contributed by atoms with van der Waals surface area (Å²) in [6, 6.07) is 14.4. The molecule has 2 rings (SSSR count). The number of hydrogen-bond donors (Lipinski definition) is 1. The summed E-state index contributed by atoms with van der Waals surface area (Å²) in [5.74, 6) is -0.0454. The zero-order valence-corrected chi connectivity index (χ0v) is 11.7. The van der Waals surface area contributed by atoms with Crippen LogP contribution in [-0.2, 0) is 16.1 Å². The van der Waals surface area contributed by atoms with Gasteiger partial charge in [0.1, 0.15) is 5.75 Å². The first-order valence-electron chi connectivity index (χ1n) is 6.43. The summed E-state index contributed by atoms with van der Waals surface area (Å²) in [6.07, 6.45) is 0. The van der Waals surface area contributed by atoms with Gasteiger partial charge in [-0.2, -0.15) is 0 Å². The van der Waals surface area contributed by atoms with Gasteiger partial charge in [-0.1, -0.05) is 30.3 Å². The fourth-order valence-corrected chi connectivity index (χ4v) is 1.75. The second-order valence-electron chi connectivity index (χ2n) is 4.34. The van der Waals surface area contributed by atoms with Crippen LogP contribution in [0, 0.1) is 0 Å². The first-order valence-corrected chi connectivity index (χ1v) is 6.43. The third-order valence-electron chi connectivity index (χ3n) is 2.85. The predicted molar refractivity (Wildman–Crippen MR) is 78.9 cm³/mol. The number of benzene rings is 2. The number of anilines is 1. The Kier molecular flexibility index (Phi) is 5.17. The minimum atomic E-state index is -0.485. The van der Waals surface area contributed by atoms with Gasteiger partial charge in [-0.15, -0.1) is 0 Å². The number of esters is 1. The van der Waals surface area contributed by atoms with Crippen molar-refractivity contribution in [1.29, 1.82) is 0 Å². The molecule has 2 N–H and O–H groups in total. The maximum absolute atomic E-state index is 11.8. The van der Waals surface area contributed by atoms with Crippen molar-refractivity contribution in [3.8, 4) is 5.75 Å². The Balaban J connectivity index is 1.82. The molecule has 0 aliphatic heterocycles. The van der Waals surface area contributed by atoms with E-state index < -0.39 is 5.97 Å². The maximum Gasteiger partial charge on any atom is 0.340 e. The summed E-state index contributed by atoms with van der Waals surface area (Å²) in [6.45, 7) is 0.277. The highest BCUT2D eigenvalue weighted by Gasteiger charge is 2.10. The lowest BCUT2D eigenvalue weighted by Crippen LogP contribution is -2.09. The summed E-state index contributed by atoms with van der Waals surface area (Å²) in [5.41, 5.74) is 7.53. The Morgan fingerprint density at radius 1 is 1.14 bits per heavy atom. The molecule has 110 valence electrons. The molecule has 0 aliphatic carbocycles. The Morgan fingerprint density at radius 3 is 2.62 bits per heavy atom. The fourth-order valence-electron chi connectivity index (χ4n) is 1.75. The highest BCUT2D eigenvalue weighted by atomic mass is 16.7. The lowest BCUT2D eigenvalue weighted by atomic mass is 10.2. The molecule has 0 saturated heterocycles. The lowest BCUT2D eigenvalue weighted by Gasteiger charge is -2.08. The van der Waals surface area contributed by atoms with Crippen molar-refractivity contribution < 1.29 is 19.0 Å². The summed E-state index contributed by atoms with van der Waals surface area (Å²) in [5, 5.41) is 0. The van der Waals surface area contributed by atoms with E-state index in [1.54, 1.807) is 12.1 Å². The van der Waals surface area contributed by atoms with Crippen molar-refractivity contribution in [3.63, 3.8) is 0 Å². The number of rotatable bonds is 6. The zero-order chi connectivity index (χ0) is 15.1. The van der Waals surface area contributed by atoms with Gasteiger partial charge in [-0.05, 0) is 23.8 Å². The highest BCUT2D eigenvalue weighted by molar-refractivity contribution is 5.90. The van der Waals surface area contributed by atoms with E-state index in [9.17, 15) is 4.79 Å². The first kappa shape index (κ1) is 14.9. The van der Waals surface area contributed by atoms with Gasteiger partial charge in [-0.25, -0.2) is 4.79 Å². The minimum Gasteiger partial charge on any atom is -0.495 e. The van der Waals surface area contributed by atoms with E-state index >= 15 is 0 Å². The number of methoxy groups -OCH3 is 1. The molecular formula is C16H17NO4. The van der Waals surface area contributed by atoms with Gasteiger partial charge in [0.2, 0.25) is 0 Å². The number of nitrogen functional groups attached to an aromatic ring is 1. The van der Waals surface area contributed by atoms with Gasteiger partial charge >= 0.3 is 5.97 Å². The van der Waals surface area contributed by atoms with Crippen LogP contribution in [0.2, 0.25) is 0 Å². The van der Waals surface area contributed by atoms with Crippen LogP contribution in [0.4, 0.5) is 5.69 Å². The molecule has 0 aliphatic rings. The van der Waals surface area contributed by atoms with Crippen LogP contribution in [0.15, 0.2) is 48.5 Å². The molecule has 2 aromatic rings. The Bertz CT molecular complexity index is 598. The molecule has 0 atom stereocenters. The van der Waals surface area contributed by atoms with Crippen LogP contribution < -0.4 is 10.5 Å². The van der Waals surface area contributed by atoms with E-state index in [2.05, 4.69) is 0 Å². The van der Waals surface area contributed by atoms with E-state index in [1.807, 2.05) is 30.3 Å². The standard InChI is InChI=1S/C16H17NO4/c1-19-15-9-13(7-8-14(15)17)16(18)21-11-20-10-12-5-3-2-4-6-12/h2-9H,10-11,17H2,1H3. The van der Waals surface area contributed by atoms with Crippen molar-refractivity contribution >= 4 is 11.7 Å². The number of nitrogens with two attached hydrogens (primary N) is 1. The Labute approximate surface area is 123 Å². The SMILES string of the molecule is COc1cc(C(=O)OCOCc2ccccc2)ccc1N. The second-order valence-corrected chi connectivity index (χ2v) is 4.34. The van der Waals surface area contributed by atoms with E-state index in [4.69, 9.17) is 19.9 Å². The zero-order valence-electron chi connectivity index (χ0n) is 11.7. The van der Waals surface area contributed by atoms with E-state index in [0.717, 1.165) is 5.56 Å². The second kappa shape index (κ2) is 7.31. The van der Waals surface area contributed by atoms with Crippen LogP contribution in [0.1, 0.15) is 15.9 Å². The first-order chi connectivity index (χ1) is 10.2. The van der Waals surface area contributed by atoms with Crippen LogP contribution in [0.25, 0.3) is 0 Å². The fraction of sp³-hybridized carbons (Fsp3) is 0.188. The van der Waals surface area contributed by atoms with Crippen LogP contribution in [0.3, 0.4) is 0 Å². The Hall–Kier alpha value is -2.53.